The van der Waals surface area contributed by atoms with Crippen LogP contribution in [0, 0.1) is 5.92 Å². The van der Waals surface area contributed by atoms with Gasteiger partial charge < -0.3 is 14.5 Å². The number of nitrogens with zero attached hydrogens (tertiary/aromatic N) is 3. The number of carbonyl (C=O) groups excluding carboxylic acids is 2. The number of imidazole rings is 1. The number of Topliss-reactive ketones (excluding diaryl/α,β-unsaturated/α-hetero) is 1. The van der Waals surface area contributed by atoms with Crippen molar-refractivity contribution in [1.82, 2.24) is 19.4 Å². The number of fused-ring (bicyclic) bond motifs is 1. The summed E-state index contributed by atoms with van der Waals surface area (Å²) in [7, 11) is 1.82. The maximum Gasteiger partial charge on any atom is 0.227 e. The van der Waals surface area contributed by atoms with Gasteiger partial charge in [0.05, 0.1) is 6.42 Å². The maximum atomic E-state index is 12.8. The van der Waals surface area contributed by atoms with Gasteiger partial charge in [-0.25, -0.2) is 4.98 Å². The van der Waals surface area contributed by atoms with Gasteiger partial charge in [0.15, 0.2) is 5.82 Å². The number of aromatic amines is 1. The van der Waals surface area contributed by atoms with Crippen molar-refractivity contribution >= 4 is 22.6 Å². The molecule has 0 bridgehead atoms. The third-order valence-electron chi connectivity index (χ3n) is 5.20. The molecule has 6 heteroatoms. The summed E-state index contributed by atoms with van der Waals surface area (Å²) in [5, 5.41) is 1.08. The summed E-state index contributed by atoms with van der Waals surface area (Å²) in [4.78, 5) is 34.7. The summed E-state index contributed by atoms with van der Waals surface area (Å²) in [5.41, 5.74) is 2.04. The van der Waals surface area contributed by atoms with Crippen LogP contribution < -0.4 is 0 Å². The lowest BCUT2D eigenvalue weighted by Crippen LogP contribution is -2.43. The van der Waals surface area contributed by atoms with Gasteiger partial charge in [-0.15, -0.1) is 0 Å². The maximum absolute atomic E-state index is 12.8. The molecule has 6 nitrogen and oxygen atoms in total. The molecule has 1 aliphatic rings. The predicted octanol–water partition coefficient (Wildman–Crippen LogP) is 2.57. The molecule has 1 fully saturated rings. The second-order valence-corrected chi connectivity index (χ2v) is 6.94. The van der Waals surface area contributed by atoms with Gasteiger partial charge >= 0.3 is 0 Å². The number of H-pyrrole nitrogens is 1. The molecule has 1 unspecified atom stereocenters. The first-order valence-corrected chi connectivity index (χ1v) is 8.98. The van der Waals surface area contributed by atoms with Crippen molar-refractivity contribution in [2.24, 2.45) is 13.0 Å². The molecule has 26 heavy (non-hydrogen) atoms. The Morgan fingerprint density at radius 3 is 2.96 bits per heavy atom. The van der Waals surface area contributed by atoms with E-state index in [0.717, 1.165) is 29.3 Å². The molecule has 1 aromatic carbocycles. The summed E-state index contributed by atoms with van der Waals surface area (Å²) in [5.74, 6) is 0.409. The molecule has 1 aliphatic heterocycles. The van der Waals surface area contributed by atoms with Gasteiger partial charge in [0.25, 0.3) is 0 Å². The van der Waals surface area contributed by atoms with Crippen LogP contribution in [0.2, 0.25) is 0 Å². The number of hydrogen-bond donors (Lipinski definition) is 1. The van der Waals surface area contributed by atoms with Gasteiger partial charge in [0, 0.05) is 55.5 Å². The van der Waals surface area contributed by atoms with Crippen LogP contribution in [0.3, 0.4) is 0 Å². The zero-order valence-corrected chi connectivity index (χ0v) is 14.8. The van der Waals surface area contributed by atoms with E-state index >= 15 is 0 Å². The van der Waals surface area contributed by atoms with Gasteiger partial charge in [0.1, 0.15) is 0 Å². The van der Waals surface area contributed by atoms with Crippen LogP contribution in [-0.2, 0) is 18.3 Å². The van der Waals surface area contributed by atoms with E-state index in [-0.39, 0.29) is 17.6 Å². The highest BCUT2D eigenvalue weighted by Gasteiger charge is 2.30. The molecule has 0 radical (unpaired) electrons. The van der Waals surface area contributed by atoms with E-state index in [1.165, 1.54) is 0 Å². The zero-order valence-electron chi connectivity index (χ0n) is 14.8. The Bertz CT molecular complexity index is 956. The molecule has 1 saturated heterocycles. The van der Waals surface area contributed by atoms with E-state index in [4.69, 9.17) is 0 Å². The Hall–Kier alpha value is -2.89. The van der Waals surface area contributed by atoms with E-state index in [1.54, 1.807) is 17.0 Å². The molecule has 0 aliphatic carbocycles. The predicted molar refractivity (Wildman–Crippen MR) is 98.8 cm³/mol. The number of aromatic nitrogens is 3. The Morgan fingerprint density at radius 2 is 2.15 bits per heavy atom. The minimum atomic E-state index is -0.170. The molecule has 3 aromatic rings. The number of aryl methyl sites for hydroxylation is 1. The summed E-state index contributed by atoms with van der Waals surface area (Å²) < 4.78 is 1.75. The summed E-state index contributed by atoms with van der Waals surface area (Å²) >= 11 is 0. The Labute approximate surface area is 151 Å². The van der Waals surface area contributed by atoms with Crippen LogP contribution in [0.4, 0.5) is 0 Å². The molecule has 134 valence electrons. The van der Waals surface area contributed by atoms with Crippen LogP contribution in [0.15, 0.2) is 42.9 Å². The lowest BCUT2D eigenvalue weighted by atomic mass is 9.93. The second kappa shape index (κ2) is 6.78. The third-order valence-corrected chi connectivity index (χ3v) is 5.20. The number of piperidine rings is 1. The number of nitrogens with one attached hydrogen (secondary N) is 1. The number of ketones is 1. The van der Waals surface area contributed by atoms with Crippen molar-refractivity contribution in [1.29, 1.82) is 0 Å². The number of rotatable bonds is 4. The van der Waals surface area contributed by atoms with E-state index in [0.29, 0.717) is 25.3 Å². The van der Waals surface area contributed by atoms with Crippen molar-refractivity contribution in [3.8, 4) is 0 Å². The van der Waals surface area contributed by atoms with Crippen LogP contribution in [0.1, 0.15) is 29.0 Å². The molecule has 1 N–H and O–H groups in total. The summed E-state index contributed by atoms with van der Waals surface area (Å²) in [6.45, 7) is 1.19. The molecule has 3 heterocycles. The average Bonchev–Trinajstić information content (AvgIpc) is 3.28. The monoisotopic (exact) mass is 350 g/mol. The molecule has 0 saturated carbocycles. The van der Waals surface area contributed by atoms with Crippen LogP contribution >= 0.6 is 0 Å². The molecule has 0 spiro atoms. The number of carbonyl (C=O) groups is 2. The highest BCUT2D eigenvalue weighted by molar-refractivity contribution is 5.95. The molecule has 1 amide bonds. The molecular formula is C20H22N4O2. The minimum absolute atomic E-state index is 0.0297. The van der Waals surface area contributed by atoms with E-state index in [1.807, 2.05) is 42.4 Å². The van der Waals surface area contributed by atoms with Crippen LogP contribution in [-0.4, -0.2) is 44.2 Å². The number of likely N-dealkylation sites (tertiary alicyclic amines) is 1. The van der Waals surface area contributed by atoms with E-state index in [2.05, 4.69) is 9.97 Å². The molecule has 2 aromatic heterocycles. The van der Waals surface area contributed by atoms with Gasteiger partial charge in [-0.2, -0.15) is 0 Å². The molecular weight excluding hydrogens is 328 g/mol. The largest absolute Gasteiger partial charge is 0.361 e. The topological polar surface area (TPSA) is 71.0 Å². The van der Waals surface area contributed by atoms with E-state index in [9.17, 15) is 9.59 Å². The first-order chi connectivity index (χ1) is 12.6. The van der Waals surface area contributed by atoms with Gasteiger partial charge in [-0.3, -0.25) is 9.59 Å². The van der Waals surface area contributed by atoms with Crippen LogP contribution in [0.5, 0.6) is 0 Å². The number of para-hydroxylation sites is 1. The standard InChI is InChI=1S/C20H22N4O2/c1-23-10-8-21-20(23)19(26)14-5-4-9-24(13-14)18(25)11-15-12-22-17-7-3-2-6-16(15)17/h2-3,6-8,10,12,14,22H,4-5,9,11,13H2,1H3. The van der Waals surface area contributed by atoms with Crippen molar-refractivity contribution in [3.05, 3.63) is 54.2 Å². The highest BCUT2D eigenvalue weighted by Crippen LogP contribution is 2.23. The van der Waals surface area contributed by atoms with Crippen LogP contribution in [0.25, 0.3) is 10.9 Å². The molecule has 4 rings (SSSR count). The fourth-order valence-corrected chi connectivity index (χ4v) is 3.76. The Morgan fingerprint density at radius 1 is 1.31 bits per heavy atom. The smallest absolute Gasteiger partial charge is 0.227 e. The third kappa shape index (κ3) is 3.03. The fourth-order valence-electron chi connectivity index (χ4n) is 3.76. The first-order valence-electron chi connectivity index (χ1n) is 8.98. The average molecular weight is 350 g/mol. The summed E-state index contributed by atoms with van der Waals surface area (Å²) in [6.07, 6.45) is 7.32. The first kappa shape index (κ1) is 16.6. The Kier molecular flexibility index (Phi) is 4.32. The number of benzene rings is 1. The highest BCUT2D eigenvalue weighted by atomic mass is 16.2. The minimum Gasteiger partial charge on any atom is -0.361 e. The summed E-state index contributed by atoms with van der Waals surface area (Å²) in [6, 6.07) is 7.99. The molecule has 1 atom stereocenters. The quantitative estimate of drug-likeness (QED) is 0.735. The fraction of sp³-hybridized carbons (Fsp3) is 0.350. The zero-order chi connectivity index (χ0) is 18.1. The van der Waals surface area contributed by atoms with Gasteiger partial charge in [-0.05, 0) is 24.5 Å². The lowest BCUT2D eigenvalue weighted by Gasteiger charge is -2.32. The van der Waals surface area contributed by atoms with Gasteiger partial charge in [-0.1, -0.05) is 18.2 Å². The van der Waals surface area contributed by atoms with Gasteiger partial charge in [0.2, 0.25) is 11.7 Å². The Balaban J connectivity index is 1.46. The SMILES string of the molecule is Cn1ccnc1C(=O)C1CCCN(C(=O)Cc2c[nH]c3ccccc23)C1. The lowest BCUT2D eigenvalue weighted by molar-refractivity contribution is -0.131. The van der Waals surface area contributed by atoms with Crippen molar-refractivity contribution in [2.45, 2.75) is 19.3 Å². The van der Waals surface area contributed by atoms with Crippen molar-refractivity contribution in [3.63, 3.8) is 0 Å². The number of amides is 1. The van der Waals surface area contributed by atoms with Crippen molar-refractivity contribution < 1.29 is 9.59 Å². The van der Waals surface area contributed by atoms with E-state index < -0.39 is 0 Å². The number of hydrogen-bond acceptors (Lipinski definition) is 3. The van der Waals surface area contributed by atoms with Crippen molar-refractivity contribution in [2.75, 3.05) is 13.1 Å². The second-order valence-electron chi connectivity index (χ2n) is 6.94. The normalized spacial score (nSPS) is 17.6.